The summed E-state index contributed by atoms with van der Waals surface area (Å²) in [4.78, 5) is 28.3. The molecule has 0 radical (unpaired) electrons. The van der Waals surface area contributed by atoms with Gasteiger partial charge >= 0.3 is 0 Å². The minimum absolute atomic E-state index is 0.0980. The van der Waals surface area contributed by atoms with Crippen LogP contribution < -0.4 is 18.9 Å². The number of hydrogen-bond donors (Lipinski definition) is 0. The molecule has 7 heteroatoms. The molecule has 0 aliphatic carbocycles. The van der Waals surface area contributed by atoms with Crippen molar-refractivity contribution < 1.29 is 28.5 Å². The van der Waals surface area contributed by atoms with Gasteiger partial charge in [0.2, 0.25) is 5.75 Å². The number of carbonyl (C=O) groups is 2. The maximum Gasteiger partial charge on any atom is 0.254 e. The molecular weight excluding hydrogens is 446 g/mol. The molecule has 2 heterocycles. The number of amides is 1. The fourth-order valence-electron chi connectivity index (χ4n) is 5.03. The Labute approximate surface area is 207 Å². The van der Waals surface area contributed by atoms with Crippen LogP contribution in [0.25, 0.3) is 0 Å². The summed E-state index contributed by atoms with van der Waals surface area (Å²) in [6.07, 6.45) is 1.55. The predicted molar refractivity (Wildman–Crippen MR) is 133 cm³/mol. The van der Waals surface area contributed by atoms with Gasteiger partial charge in [0, 0.05) is 31.5 Å². The Morgan fingerprint density at radius 3 is 2.11 bits per heavy atom. The number of Topliss-reactive ketones (excluding diaryl/α,β-unsaturated/α-hetero) is 1. The van der Waals surface area contributed by atoms with E-state index >= 15 is 0 Å². The summed E-state index contributed by atoms with van der Waals surface area (Å²) >= 11 is 0. The first-order valence-electron chi connectivity index (χ1n) is 12.5. The monoisotopic (exact) mass is 481 g/mol. The van der Waals surface area contributed by atoms with E-state index in [2.05, 4.69) is 0 Å². The molecular formula is C28H35NO6. The standard InChI is InChI=1S/C28H35NO6/c1-6-32-23-15-20(16-24(33-7-2)26(23)34-8-3)27(31)29-11-9-28(10-12-29)17-22(30)21-14-18(4)13-19(5)25(21)35-28/h13-16H,6-12,17H2,1-5H3. The third-order valence-corrected chi connectivity index (χ3v) is 6.64. The van der Waals surface area contributed by atoms with E-state index in [1.54, 1.807) is 12.1 Å². The maximum absolute atomic E-state index is 13.5. The molecule has 2 aromatic carbocycles. The minimum Gasteiger partial charge on any atom is -0.490 e. The summed E-state index contributed by atoms with van der Waals surface area (Å²) in [5.74, 6) is 2.23. The van der Waals surface area contributed by atoms with Crippen molar-refractivity contribution >= 4 is 11.7 Å². The Bertz CT molecular complexity index is 1090. The second kappa shape index (κ2) is 10.2. The number of benzene rings is 2. The molecule has 2 aliphatic rings. The number of likely N-dealkylation sites (tertiary alicyclic amines) is 1. The number of carbonyl (C=O) groups excluding carboxylic acids is 2. The highest BCUT2D eigenvalue weighted by Gasteiger charge is 2.44. The first-order valence-corrected chi connectivity index (χ1v) is 12.5. The molecule has 1 saturated heterocycles. The van der Waals surface area contributed by atoms with Gasteiger partial charge in [-0.1, -0.05) is 6.07 Å². The van der Waals surface area contributed by atoms with Gasteiger partial charge in [0.25, 0.3) is 5.91 Å². The van der Waals surface area contributed by atoms with Crippen molar-refractivity contribution in [2.45, 2.75) is 59.5 Å². The highest BCUT2D eigenvalue weighted by atomic mass is 16.5. The van der Waals surface area contributed by atoms with Crippen molar-refractivity contribution in [2.24, 2.45) is 0 Å². The number of ketones is 1. The van der Waals surface area contributed by atoms with Gasteiger partial charge in [0.05, 0.1) is 31.8 Å². The number of hydrogen-bond acceptors (Lipinski definition) is 6. The second-order valence-electron chi connectivity index (χ2n) is 9.24. The molecule has 2 aromatic rings. The van der Waals surface area contributed by atoms with Gasteiger partial charge in [0.15, 0.2) is 17.3 Å². The molecule has 7 nitrogen and oxygen atoms in total. The van der Waals surface area contributed by atoms with Crippen molar-refractivity contribution in [1.29, 1.82) is 0 Å². The summed E-state index contributed by atoms with van der Waals surface area (Å²) in [6.45, 7) is 12.0. The number of aryl methyl sites for hydroxylation is 2. The normalized spacial score (nSPS) is 16.5. The Balaban J connectivity index is 1.54. The van der Waals surface area contributed by atoms with Crippen LogP contribution in [-0.2, 0) is 0 Å². The third-order valence-electron chi connectivity index (χ3n) is 6.64. The van der Waals surface area contributed by atoms with Crippen molar-refractivity contribution in [3.8, 4) is 23.0 Å². The van der Waals surface area contributed by atoms with Crippen LogP contribution in [0, 0.1) is 13.8 Å². The summed E-state index contributed by atoms with van der Waals surface area (Å²) in [7, 11) is 0. The molecule has 0 unspecified atom stereocenters. The number of rotatable bonds is 7. The van der Waals surface area contributed by atoms with Crippen molar-refractivity contribution in [1.82, 2.24) is 4.90 Å². The smallest absolute Gasteiger partial charge is 0.254 e. The first kappa shape index (κ1) is 24.9. The van der Waals surface area contributed by atoms with Crippen molar-refractivity contribution in [2.75, 3.05) is 32.9 Å². The molecule has 0 saturated carbocycles. The predicted octanol–water partition coefficient (Wildman–Crippen LogP) is 5.14. The van der Waals surface area contributed by atoms with Gasteiger partial charge in [-0.3, -0.25) is 9.59 Å². The quantitative estimate of drug-likeness (QED) is 0.545. The SMILES string of the molecule is CCOc1cc(C(=O)N2CCC3(CC2)CC(=O)c2cc(C)cc(C)c2O3)cc(OCC)c1OCC. The summed E-state index contributed by atoms with van der Waals surface area (Å²) in [5.41, 5.74) is 2.64. The van der Waals surface area contributed by atoms with E-state index in [9.17, 15) is 9.59 Å². The summed E-state index contributed by atoms with van der Waals surface area (Å²) in [5, 5.41) is 0. The van der Waals surface area contributed by atoms with Crippen LogP contribution in [0.1, 0.15) is 71.9 Å². The minimum atomic E-state index is -0.563. The van der Waals surface area contributed by atoms with Gasteiger partial charge in [0.1, 0.15) is 11.4 Å². The lowest BCUT2D eigenvalue weighted by Crippen LogP contribution is -2.52. The number of fused-ring (bicyclic) bond motifs is 1. The highest BCUT2D eigenvalue weighted by Crippen LogP contribution is 2.43. The number of ether oxygens (including phenoxy) is 4. The van der Waals surface area contributed by atoms with E-state index in [0.717, 1.165) is 11.1 Å². The molecule has 0 atom stereocenters. The van der Waals surface area contributed by atoms with Gasteiger partial charge in [-0.25, -0.2) is 0 Å². The van der Waals surface area contributed by atoms with E-state index in [-0.39, 0.29) is 11.7 Å². The van der Waals surface area contributed by atoms with Gasteiger partial charge in [-0.15, -0.1) is 0 Å². The molecule has 0 aromatic heterocycles. The lowest BCUT2D eigenvalue weighted by Gasteiger charge is -2.44. The van der Waals surface area contributed by atoms with Crippen LogP contribution in [0.4, 0.5) is 0 Å². The molecule has 1 spiro atoms. The molecule has 4 rings (SSSR count). The fraction of sp³-hybridized carbons (Fsp3) is 0.500. The van der Waals surface area contributed by atoms with Crippen LogP contribution in [0.15, 0.2) is 24.3 Å². The van der Waals surface area contributed by atoms with Crippen LogP contribution in [0.2, 0.25) is 0 Å². The van der Waals surface area contributed by atoms with Gasteiger partial charge < -0.3 is 23.8 Å². The average Bonchev–Trinajstić information content (AvgIpc) is 2.82. The van der Waals surface area contributed by atoms with Crippen molar-refractivity contribution in [3.63, 3.8) is 0 Å². The van der Waals surface area contributed by atoms with E-state index in [4.69, 9.17) is 18.9 Å². The molecule has 0 bridgehead atoms. The third kappa shape index (κ3) is 4.95. The highest BCUT2D eigenvalue weighted by molar-refractivity contribution is 6.01. The lowest BCUT2D eigenvalue weighted by molar-refractivity contribution is -0.00621. The first-order chi connectivity index (χ1) is 16.8. The number of nitrogens with zero attached hydrogens (tertiary/aromatic N) is 1. The van der Waals surface area contributed by atoms with E-state index in [1.165, 1.54) is 0 Å². The van der Waals surface area contributed by atoms with Gasteiger partial charge in [-0.2, -0.15) is 0 Å². The molecule has 2 aliphatic heterocycles. The van der Waals surface area contributed by atoms with Gasteiger partial charge in [-0.05, 0) is 63.9 Å². The zero-order valence-electron chi connectivity index (χ0n) is 21.4. The Kier molecular flexibility index (Phi) is 7.24. The Morgan fingerprint density at radius 1 is 0.943 bits per heavy atom. The Morgan fingerprint density at radius 2 is 1.54 bits per heavy atom. The number of piperidine rings is 1. The van der Waals surface area contributed by atoms with Crippen molar-refractivity contribution in [3.05, 3.63) is 46.5 Å². The topological polar surface area (TPSA) is 74.3 Å². The Hall–Kier alpha value is -3.22. The molecule has 0 N–H and O–H groups in total. The molecule has 1 amide bonds. The lowest BCUT2D eigenvalue weighted by atomic mass is 9.81. The summed E-state index contributed by atoms with van der Waals surface area (Å²) in [6, 6.07) is 7.41. The van der Waals surface area contributed by atoms with Crippen LogP contribution in [-0.4, -0.2) is 55.1 Å². The fourth-order valence-corrected chi connectivity index (χ4v) is 5.03. The largest absolute Gasteiger partial charge is 0.490 e. The van der Waals surface area contributed by atoms with E-state index < -0.39 is 5.60 Å². The van der Waals surface area contributed by atoms with E-state index in [0.29, 0.717) is 86.3 Å². The van der Waals surface area contributed by atoms with Crippen LogP contribution in [0.5, 0.6) is 23.0 Å². The zero-order chi connectivity index (χ0) is 25.2. The van der Waals surface area contributed by atoms with Crippen LogP contribution in [0.3, 0.4) is 0 Å². The summed E-state index contributed by atoms with van der Waals surface area (Å²) < 4.78 is 23.8. The average molecular weight is 482 g/mol. The molecule has 188 valence electrons. The van der Waals surface area contributed by atoms with Crippen LogP contribution >= 0.6 is 0 Å². The maximum atomic E-state index is 13.5. The second-order valence-corrected chi connectivity index (χ2v) is 9.24. The zero-order valence-corrected chi connectivity index (χ0v) is 21.4. The molecule has 35 heavy (non-hydrogen) atoms. The van der Waals surface area contributed by atoms with E-state index in [1.807, 2.05) is 51.7 Å². The molecule has 1 fully saturated rings.